The first-order valence-corrected chi connectivity index (χ1v) is 10.3. The number of carbonyl (C=O) groups excluding carboxylic acids is 1. The highest BCUT2D eigenvalue weighted by atomic mass is 35.5. The molecule has 0 bridgehead atoms. The fourth-order valence-corrected chi connectivity index (χ4v) is 3.15. The van der Waals surface area contributed by atoms with Crippen LogP contribution >= 0.6 is 11.6 Å². The summed E-state index contributed by atoms with van der Waals surface area (Å²) in [6.45, 7) is 2.75. The zero-order valence-corrected chi connectivity index (χ0v) is 18.3. The number of carbonyl (C=O) groups is 1. The summed E-state index contributed by atoms with van der Waals surface area (Å²) in [7, 11) is 1.58. The fraction of sp³-hybridized carbons (Fsp3) is 0.250. The van der Waals surface area contributed by atoms with E-state index in [2.05, 4.69) is 10.3 Å². The molecule has 7 heteroatoms. The van der Waals surface area contributed by atoms with Crippen LogP contribution in [0, 0.1) is 6.92 Å². The number of ether oxygens (including phenoxy) is 3. The Morgan fingerprint density at radius 3 is 2.52 bits per heavy atom. The Morgan fingerprint density at radius 1 is 1.00 bits per heavy atom. The largest absolute Gasteiger partial charge is 0.493 e. The molecule has 31 heavy (non-hydrogen) atoms. The van der Waals surface area contributed by atoms with Crippen LogP contribution in [-0.2, 0) is 11.4 Å². The molecule has 0 radical (unpaired) electrons. The third kappa shape index (κ3) is 6.89. The summed E-state index contributed by atoms with van der Waals surface area (Å²) >= 11 is 5.95. The van der Waals surface area contributed by atoms with Gasteiger partial charge in [0.25, 0.3) is 0 Å². The fourth-order valence-electron chi connectivity index (χ4n) is 2.92. The maximum absolute atomic E-state index is 12.3. The molecule has 1 aromatic heterocycles. The van der Waals surface area contributed by atoms with Crippen molar-refractivity contribution in [2.45, 2.75) is 26.4 Å². The molecule has 3 aromatic rings. The Balaban J connectivity index is 1.49. The summed E-state index contributed by atoms with van der Waals surface area (Å²) in [6, 6.07) is 14.5. The van der Waals surface area contributed by atoms with E-state index in [0.29, 0.717) is 48.3 Å². The minimum atomic E-state index is -0.0957. The molecule has 162 valence electrons. The van der Waals surface area contributed by atoms with Crippen LogP contribution in [0.15, 0.2) is 60.9 Å². The molecule has 0 aliphatic carbocycles. The molecule has 2 aromatic carbocycles. The molecule has 6 nitrogen and oxygen atoms in total. The second-order valence-electron chi connectivity index (χ2n) is 6.92. The van der Waals surface area contributed by atoms with Crippen molar-refractivity contribution in [1.82, 2.24) is 4.98 Å². The number of hydrogen-bond donors (Lipinski definition) is 1. The molecule has 0 saturated carbocycles. The Kier molecular flexibility index (Phi) is 8.12. The highest BCUT2D eigenvalue weighted by molar-refractivity contribution is 6.30. The zero-order chi connectivity index (χ0) is 22.1. The van der Waals surface area contributed by atoms with E-state index in [-0.39, 0.29) is 5.91 Å². The van der Waals surface area contributed by atoms with Gasteiger partial charge in [-0.1, -0.05) is 11.6 Å². The number of rotatable bonds is 10. The minimum absolute atomic E-state index is 0.0957. The number of hydrogen-bond acceptors (Lipinski definition) is 5. The van der Waals surface area contributed by atoms with Gasteiger partial charge in [0.05, 0.1) is 13.7 Å². The Bertz CT molecular complexity index is 1010. The highest BCUT2D eigenvalue weighted by Gasteiger charge is 2.09. The van der Waals surface area contributed by atoms with Gasteiger partial charge in [0, 0.05) is 35.6 Å². The number of nitrogens with zero attached hydrogens (tertiary/aromatic N) is 1. The average molecular weight is 441 g/mol. The number of amides is 1. The SMILES string of the molecule is COc1ccc(NC(=O)CCCOc2ccc(Cl)cc2C)cc1OCc1ccncc1. The first kappa shape index (κ1) is 22.4. The molecule has 1 N–H and O–H groups in total. The monoisotopic (exact) mass is 440 g/mol. The van der Waals surface area contributed by atoms with Gasteiger partial charge in [0.1, 0.15) is 12.4 Å². The second kappa shape index (κ2) is 11.2. The van der Waals surface area contributed by atoms with E-state index in [0.717, 1.165) is 16.9 Å². The van der Waals surface area contributed by atoms with Gasteiger partial charge in [-0.3, -0.25) is 9.78 Å². The van der Waals surface area contributed by atoms with E-state index >= 15 is 0 Å². The van der Waals surface area contributed by atoms with Crippen LogP contribution in [0.1, 0.15) is 24.0 Å². The molecule has 0 aliphatic heterocycles. The molecule has 3 rings (SSSR count). The molecular weight excluding hydrogens is 416 g/mol. The van der Waals surface area contributed by atoms with E-state index in [4.69, 9.17) is 25.8 Å². The second-order valence-corrected chi connectivity index (χ2v) is 7.36. The van der Waals surface area contributed by atoms with Crippen LogP contribution in [0.5, 0.6) is 17.2 Å². The van der Waals surface area contributed by atoms with Gasteiger partial charge in [-0.05, 0) is 66.9 Å². The lowest BCUT2D eigenvalue weighted by atomic mass is 10.2. The summed E-state index contributed by atoms with van der Waals surface area (Å²) in [5, 5.41) is 3.57. The quantitative estimate of drug-likeness (QED) is 0.426. The van der Waals surface area contributed by atoms with Crippen molar-refractivity contribution in [2.24, 2.45) is 0 Å². The lowest BCUT2D eigenvalue weighted by Crippen LogP contribution is -2.13. The van der Waals surface area contributed by atoms with Crippen molar-refractivity contribution in [3.63, 3.8) is 0 Å². The van der Waals surface area contributed by atoms with E-state index in [9.17, 15) is 4.79 Å². The van der Waals surface area contributed by atoms with Gasteiger partial charge in [0.2, 0.25) is 5.91 Å². The molecule has 1 heterocycles. The van der Waals surface area contributed by atoms with Crippen LogP contribution in [0.4, 0.5) is 5.69 Å². The summed E-state index contributed by atoms with van der Waals surface area (Å²) in [5.74, 6) is 1.83. The first-order chi connectivity index (χ1) is 15.0. The molecule has 0 aliphatic rings. The van der Waals surface area contributed by atoms with Crippen LogP contribution in [-0.4, -0.2) is 24.6 Å². The number of halogens is 1. The van der Waals surface area contributed by atoms with Gasteiger partial charge in [0.15, 0.2) is 11.5 Å². The standard InChI is InChI=1S/C24H25ClN2O4/c1-17-14-19(25)5-7-21(17)30-13-3-4-24(28)27-20-6-8-22(29-2)23(15-20)31-16-18-9-11-26-12-10-18/h5-12,14-15H,3-4,13,16H2,1-2H3,(H,27,28). The van der Waals surface area contributed by atoms with E-state index in [1.54, 1.807) is 43.8 Å². The van der Waals surface area contributed by atoms with E-state index < -0.39 is 0 Å². The number of anilines is 1. The number of aromatic nitrogens is 1. The third-order valence-electron chi connectivity index (χ3n) is 4.53. The molecule has 0 fully saturated rings. The first-order valence-electron chi connectivity index (χ1n) is 9.93. The van der Waals surface area contributed by atoms with Gasteiger partial charge < -0.3 is 19.5 Å². The van der Waals surface area contributed by atoms with Crippen molar-refractivity contribution in [3.8, 4) is 17.2 Å². The van der Waals surface area contributed by atoms with Crippen molar-refractivity contribution >= 4 is 23.2 Å². The maximum atomic E-state index is 12.3. The highest BCUT2D eigenvalue weighted by Crippen LogP contribution is 2.31. The van der Waals surface area contributed by atoms with Crippen LogP contribution in [0.25, 0.3) is 0 Å². The zero-order valence-electron chi connectivity index (χ0n) is 17.6. The minimum Gasteiger partial charge on any atom is -0.493 e. The lowest BCUT2D eigenvalue weighted by Gasteiger charge is -2.13. The summed E-state index contributed by atoms with van der Waals surface area (Å²) in [5.41, 5.74) is 2.60. The average Bonchev–Trinajstić information content (AvgIpc) is 2.77. The molecular formula is C24H25ClN2O4. The number of methoxy groups -OCH3 is 1. The van der Waals surface area contributed by atoms with Gasteiger partial charge >= 0.3 is 0 Å². The summed E-state index contributed by atoms with van der Waals surface area (Å²) < 4.78 is 17.0. The predicted molar refractivity (Wildman–Crippen MR) is 121 cm³/mol. The normalized spacial score (nSPS) is 10.4. The van der Waals surface area contributed by atoms with Crippen molar-refractivity contribution < 1.29 is 19.0 Å². The van der Waals surface area contributed by atoms with Crippen molar-refractivity contribution in [3.05, 3.63) is 77.1 Å². The summed E-state index contributed by atoms with van der Waals surface area (Å²) in [6.07, 6.45) is 4.36. The topological polar surface area (TPSA) is 69.7 Å². The predicted octanol–water partition coefficient (Wildman–Crippen LogP) is 5.43. The smallest absolute Gasteiger partial charge is 0.224 e. The molecule has 0 saturated heterocycles. The van der Waals surface area contributed by atoms with Crippen LogP contribution in [0.2, 0.25) is 5.02 Å². The Morgan fingerprint density at radius 2 is 1.77 bits per heavy atom. The number of benzene rings is 2. The van der Waals surface area contributed by atoms with Gasteiger partial charge in [-0.25, -0.2) is 0 Å². The number of nitrogens with one attached hydrogen (secondary N) is 1. The van der Waals surface area contributed by atoms with E-state index in [1.807, 2.05) is 31.2 Å². The molecule has 0 spiro atoms. The molecule has 0 atom stereocenters. The maximum Gasteiger partial charge on any atom is 0.224 e. The van der Waals surface area contributed by atoms with E-state index in [1.165, 1.54) is 0 Å². The Hall–Kier alpha value is -3.25. The molecule has 0 unspecified atom stereocenters. The Labute approximate surface area is 187 Å². The van der Waals surface area contributed by atoms with Crippen LogP contribution in [0.3, 0.4) is 0 Å². The van der Waals surface area contributed by atoms with Gasteiger partial charge in [-0.15, -0.1) is 0 Å². The third-order valence-corrected chi connectivity index (χ3v) is 4.77. The van der Waals surface area contributed by atoms with Gasteiger partial charge in [-0.2, -0.15) is 0 Å². The van der Waals surface area contributed by atoms with Crippen molar-refractivity contribution in [1.29, 1.82) is 0 Å². The molecule has 1 amide bonds. The number of pyridine rings is 1. The number of aryl methyl sites for hydroxylation is 1. The summed E-state index contributed by atoms with van der Waals surface area (Å²) in [4.78, 5) is 16.3. The lowest BCUT2D eigenvalue weighted by molar-refractivity contribution is -0.116. The van der Waals surface area contributed by atoms with Crippen molar-refractivity contribution in [2.75, 3.05) is 19.0 Å². The van der Waals surface area contributed by atoms with Crippen LogP contribution < -0.4 is 19.5 Å².